The van der Waals surface area contributed by atoms with Crippen LogP contribution in [0.15, 0.2) is 60.7 Å². The molecule has 1 atom stereocenters. The van der Waals surface area contributed by atoms with Gasteiger partial charge in [0.1, 0.15) is 6.10 Å². The van der Waals surface area contributed by atoms with Crippen molar-refractivity contribution >= 4 is 7.82 Å². The SMILES string of the molecule is CC(C)N(OP(=O)(O)OC(c1ccccc1)c1ccccc1)C(C)C. The monoisotopic (exact) mass is 363 g/mol. The fourth-order valence-electron chi connectivity index (χ4n) is 2.63. The Kier molecular flexibility index (Phi) is 6.94. The molecule has 5 nitrogen and oxygen atoms in total. The van der Waals surface area contributed by atoms with Gasteiger partial charge in [-0.2, -0.15) is 9.69 Å². The molecule has 0 aromatic heterocycles. The summed E-state index contributed by atoms with van der Waals surface area (Å²) in [5.74, 6) is 0. The molecule has 136 valence electrons. The molecule has 1 N–H and O–H groups in total. The maximum Gasteiger partial charge on any atom is 0.489 e. The molecule has 2 aromatic carbocycles. The summed E-state index contributed by atoms with van der Waals surface area (Å²) in [4.78, 5) is 10.3. The Morgan fingerprint density at radius 3 is 1.60 bits per heavy atom. The number of benzene rings is 2. The summed E-state index contributed by atoms with van der Waals surface area (Å²) in [6.45, 7) is 7.58. The highest BCUT2D eigenvalue weighted by Crippen LogP contribution is 2.50. The Balaban J connectivity index is 2.28. The number of hydrogen-bond donors (Lipinski definition) is 1. The maximum absolute atomic E-state index is 12.7. The van der Waals surface area contributed by atoms with Gasteiger partial charge in [0.2, 0.25) is 0 Å². The quantitative estimate of drug-likeness (QED) is 0.531. The fourth-order valence-corrected chi connectivity index (χ4v) is 3.79. The van der Waals surface area contributed by atoms with E-state index >= 15 is 0 Å². The molecule has 0 amide bonds. The minimum Gasteiger partial charge on any atom is -0.301 e. The van der Waals surface area contributed by atoms with Gasteiger partial charge in [-0.25, -0.2) is 4.57 Å². The lowest BCUT2D eigenvalue weighted by Crippen LogP contribution is -2.36. The molecule has 0 heterocycles. The van der Waals surface area contributed by atoms with Gasteiger partial charge in [0, 0.05) is 12.1 Å². The van der Waals surface area contributed by atoms with Crippen molar-refractivity contribution in [3.63, 3.8) is 0 Å². The Morgan fingerprint density at radius 1 is 0.840 bits per heavy atom. The molecule has 25 heavy (non-hydrogen) atoms. The molecule has 1 unspecified atom stereocenters. The van der Waals surface area contributed by atoms with E-state index < -0.39 is 13.9 Å². The summed E-state index contributed by atoms with van der Waals surface area (Å²) in [6.07, 6.45) is -0.695. The smallest absolute Gasteiger partial charge is 0.301 e. The van der Waals surface area contributed by atoms with Crippen LogP contribution in [-0.4, -0.2) is 22.0 Å². The number of nitrogens with zero attached hydrogens (tertiary/aromatic N) is 1. The van der Waals surface area contributed by atoms with Crippen molar-refractivity contribution in [3.8, 4) is 0 Å². The second kappa shape index (κ2) is 8.75. The van der Waals surface area contributed by atoms with Crippen molar-refractivity contribution in [2.24, 2.45) is 0 Å². The molecule has 0 saturated carbocycles. The van der Waals surface area contributed by atoms with Crippen LogP contribution < -0.4 is 0 Å². The fraction of sp³-hybridized carbons (Fsp3) is 0.368. The molecule has 0 aliphatic carbocycles. The van der Waals surface area contributed by atoms with Crippen LogP contribution in [0.4, 0.5) is 0 Å². The molecule has 0 aliphatic rings. The highest BCUT2D eigenvalue weighted by Gasteiger charge is 2.33. The van der Waals surface area contributed by atoms with Crippen LogP contribution in [0, 0.1) is 0 Å². The standard InChI is InChI=1S/C19H26NO4P/c1-15(2)20(16(3)4)24-25(21,22)23-19(17-11-7-5-8-12-17)18-13-9-6-10-14-18/h5-16,19H,1-4H3,(H,21,22). The average molecular weight is 363 g/mol. The first-order valence-corrected chi connectivity index (χ1v) is 9.89. The van der Waals surface area contributed by atoms with Gasteiger partial charge < -0.3 is 4.89 Å². The molecule has 0 spiro atoms. The summed E-state index contributed by atoms with van der Waals surface area (Å²) >= 11 is 0. The Bertz CT molecular complexity index is 644. The van der Waals surface area contributed by atoms with E-state index in [1.165, 1.54) is 5.06 Å². The Morgan fingerprint density at radius 2 is 1.24 bits per heavy atom. The molecule has 0 radical (unpaired) electrons. The van der Waals surface area contributed by atoms with Gasteiger partial charge in [0.15, 0.2) is 0 Å². The third-order valence-electron chi connectivity index (χ3n) is 3.66. The summed E-state index contributed by atoms with van der Waals surface area (Å²) < 4.78 is 23.6. The Hall–Kier alpha value is -1.49. The van der Waals surface area contributed by atoms with E-state index in [4.69, 9.17) is 9.15 Å². The van der Waals surface area contributed by atoms with Crippen LogP contribution in [0.1, 0.15) is 44.9 Å². The molecule has 2 rings (SSSR count). The molecule has 0 bridgehead atoms. The van der Waals surface area contributed by atoms with Crippen molar-refractivity contribution in [3.05, 3.63) is 71.8 Å². The van der Waals surface area contributed by atoms with E-state index in [-0.39, 0.29) is 12.1 Å². The van der Waals surface area contributed by atoms with Crippen molar-refractivity contribution < 1.29 is 18.6 Å². The molecular weight excluding hydrogens is 337 g/mol. The lowest BCUT2D eigenvalue weighted by atomic mass is 10.0. The number of hydrogen-bond acceptors (Lipinski definition) is 4. The van der Waals surface area contributed by atoms with Crippen LogP contribution in [0.2, 0.25) is 0 Å². The van der Waals surface area contributed by atoms with Crippen molar-refractivity contribution in [1.82, 2.24) is 5.06 Å². The van der Waals surface area contributed by atoms with E-state index in [9.17, 15) is 9.46 Å². The van der Waals surface area contributed by atoms with Crippen molar-refractivity contribution in [2.45, 2.75) is 45.9 Å². The van der Waals surface area contributed by atoms with E-state index in [0.717, 1.165) is 11.1 Å². The van der Waals surface area contributed by atoms with E-state index in [2.05, 4.69) is 0 Å². The molecule has 0 saturated heterocycles. The Labute approximate surface area is 149 Å². The van der Waals surface area contributed by atoms with Gasteiger partial charge in [-0.05, 0) is 38.8 Å². The summed E-state index contributed by atoms with van der Waals surface area (Å²) in [7, 11) is -4.32. The average Bonchev–Trinajstić information content (AvgIpc) is 2.59. The minimum absolute atomic E-state index is 0.0593. The number of rotatable bonds is 8. The first-order chi connectivity index (χ1) is 11.8. The van der Waals surface area contributed by atoms with Gasteiger partial charge in [0.05, 0.1) is 0 Å². The van der Waals surface area contributed by atoms with Crippen molar-refractivity contribution in [2.75, 3.05) is 0 Å². The number of phosphoric ester groups is 1. The summed E-state index contributed by atoms with van der Waals surface area (Å²) in [5.41, 5.74) is 1.57. The number of phosphoric acid groups is 1. The largest absolute Gasteiger partial charge is 0.489 e. The van der Waals surface area contributed by atoms with Crippen LogP contribution in [-0.2, 0) is 13.7 Å². The van der Waals surface area contributed by atoms with E-state index in [0.29, 0.717) is 0 Å². The molecule has 2 aromatic rings. The zero-order chi connectivity index (χ0) is 18.4. The van der Waals surface area contributed by atoms with Crippen LogP contribution in [0.5, 0.6) is 0 Å². The van der Waals surface area contributed by atoms with Gasteiger partial charge in [-0.1, -0.05) is 60.7 Å². The molecule has 0 aliphatic heterocycles. The predicted octanol–water partition coefficient (Wildman–Crippen LogP) is 4.94. The maximum atomic E-state index is 12.7. The molecule has 6 heteroatoms. The second-order valence-electron chi connectivity index (χ2n) is 6.40. The van der Waals surface area contributed by atoms with Gasteiger partial charge in [0.25, 0.3) is 0 Å². The van der Waals surface area contributed by atoms with Crippen LogP contribution in [0.25, 0.3) is 0 Å². The second-order valence-corrected chi connectivity index (χ2v) is 7.72. The third kappa shape index (κ3) is 5.77. The minimum atomic E-state index is -4.32. The zero-order valence-corrected chi connectivity index (χ0v) is 16.0. The normalized spacial score (nSPS) is 14.4. The van der Waals surface area contributed by atoms with Crippen LogP contribution in [0.3, 0.4) is 0 Å². The third-order valence-corrected chi connectivity index (χ3v) is 4.53. The molecule has 0 fully saturated rings. The highest BCUT2D eigenvalue weighted by molar-refractivity contribution is 7.47. The van der Waals surface area contributed by atoms with E-state index in [1.807, 2.05) is 88.4 Å². The topological polar surface area (TPSA) is 59.0 Å². The molecular formula is C19H26NO4P. The van der Waals surface area contributed by atoms with E-state index in [1.54, 1.807) is 0 Å². The summed E-state index contributed by atoms with van der Waals surface area (Å²) in [6, 6.07) is 18.6. The number of hydroxylamine groups is 2. The predicted molar refractivity (Wildman–Crippen MR) is 98.8 cm³/mol. The van der Waals surface area contributed by atoms with Gasteiger partial charge in [-0.3, -0.25) is 4.52 Å². The van der Waals surface area contributed by atoms with Crippen LogP contribution >= 0.6 is 7.82 Å². The highest BCUT2D eigenvalue weighted by atomic mass is 31.2. The summed E-state index contributed by atoms with van der Waals surface area (Å²) in [5, 5.41) is 1.48. The van der Waals surface area contributed by atoms with Gasteiger partial charge in [-0.15, -0.1) is 0 Å². The zero-order valence-electron chi connectivity index (χ0n) is 15.1. The first-order valence-electron chi connectivity index (χ1n) is 8.39. The lowest BCUT2D eigenvalue weighted by Gasteiger charge is -2.31. The first kappa shape index (κ1) is 19.8. The lowest BCUT2D eigenvalue weighted by molar-refractivity contribution is -0.135. The van der Waals surface area contributed by atoms with Gasteiger partial charge >= 0.3 is 7.82 Å². The van der Waals surface area contributed by atoms with Crippen molar-refractivity contribution in [1.29, 1.82) is 0 Å².